The first-order valence-corrected chi connectivity index (χ1v) is 6.22. The normalized spacial score (nSPS) is 14.3. The van der Waals surface area contributed by atoms with Crippen LogP contribution in [0.5, 0.6) is 0 Å². The van der Waals surface area contributed by atoms with Crippen LogP contribution in [0.3, 0.4) is 0 Å². The molecule has 1 heterocycles. The molecule has 102 valence electrons. The Morgan fingerprint density at radius 1 is 1.37 bits per heavy atom. The van der Waals surface area contributed by atoms with Crippen LogP contribution in [0.4, 0.5) is 5.69 Å². The average molecular weight is 262 g/mol. The van der Waals surface area contributed by atoms with Crippen LogP contribution in [-0.2, 0) is 4.79 Å². The largest absolute Gasteiger partial charge is 0.329 e. The predicted octanol–water partition coefficient (Wildman–Crippen LogP) is 1.17. The summed E-state index contributed by atoms with van der Waals surface area (Å²) < 4.78 is 0. The number of hydrogen-bond acceptors (Lipinski definition) is 3. The van der Waals surface area contributed by atoms with E-state index in [0.717, 1.165) is 0 Å². The summed E-state index contributed by atoms with van der Waals surface area (Å²) in [4.78, 5) is 28.6. The Morgan fingerprint density at radius 2 is 2.05 bits per heavy atom. The van der Waals surface area contributed by atoms with Gasteiger partial charge in [0.2, 0.25) is 5.91 Å². The number of aromatic nitrogens is 2. The number of hydrogen-bond donors (Lipinski definition) is 4. The van der Waals surface area contributed by atoms with E-state index >= 15 is 0 Å². The van der Waals surface area contributed by atoms with Gasteiger partial charge in [-0.1, -0.05) is 6.92 Å². The van der Waals surface area contributed by atoms with Crippen molar-refractivity contribution in [2.75, 3.05) is 11.9 Å². The van der Waals surface area contributed by atoms with Crippen molar-refractivity contribution < 1.29 is 4.79 Å². The van der Waals surface area contributed by atoms with E-state index in [9.17, 15) is 9.59 Å². The summed E-state index contributed by atoms with van der Waals surface area (Å²) in [6.45, 7) is 4.05. The van der Waals surface area contributed by atoms with Gasteiger partial charge in [-0.15, -0.1) is 0 Å². The first-order chi connectivity index (χ1) is 8.98. The number of nitrogens with two attached hydrogens (primary N) is 1. The highest BCUT2D eigenvalue weighted by Crippen LogP contribution is 2.23. The summed E-state index contributed by atoms with van der Waals surface area (Å²) in [5.74, 6) is -0.116. The van der Waals surface area contributed by atoms with Gasteiger partial charge in [0.25, 0.3) is 0 Å². The van der Waals surface area contributed by atoms with Crippen molar-refractivity contribution in [1.29, 1.82) is 0 Å². The van der Waals surface area contributed by atoms with E-state index in [1.807, 2.05) is 13.8 Å². The number of H-pyrrole nitrogens is 2. The topological polar surface area (TPSA) is 104 Å². The average Bonchev–Trinajstić information content (AvgIpc) is 2.77. The SMILES string of the molecule is CCC(C)(CN)C(=O)Nc1ccc2[nH]c(=O)[nH]c2c1. The Balaban J connectivity index is 2.26. The highest BCUT2D eigenvalue weighted by molar-refractivity contribution is 5.96. The number of aromatic amines is 2. The third-order valence-corrected chi connectivity index (χ3v) is 3.55. The van der Waals surface area contributed by atoms with Crippen LogP contribution in [0.25, 0.3) is 11.0 Å². The van der Waals surface area contributed by atoms with Gasteiger partial charge in [-0.05, 0) is 31.5 Å². The molecular weight excluding hydrogens is 244 g/mol. The highest BCUT2D eigenvalue weighted by atomic mass is 16.2. The second kappa shape index (κ2) is 4.89. The first-order valence-electron chi connectivity index (χ1n) is 6.22. The van der Waals surface area contributed by atoms with Crippen LogP contribution in [0.15, 0.2) is 23.0 Å². The zero-order valence-corrected chi connectivity index (χ0v) is 11.0. The van der Waals surface area contributed by atoms with Gasteiger partial charge >= 0.3 is 5.69 Å². The van der Waals surface area contributed by atoms with E-state index in [1.54, 1.807) is 18.2 Å². The molecule has 0 aliphatic heterocycles. The summed E-state index contributed by atoms with van der Waals surface area (Å²) in [5.41, 5.74) is 6.81. The van der Waals surface area contributed by atoms with Crippen molar-refractivity contribution in [2.45, 2.75) is 20.3 Å². The monoisotopic (exact) mass is 262 g/mol. The lowest BCUT2D eigenvalue weighted by atomic mass is 9.86. The molecule has 0 saturated heterocycles. The van der Waals surface area contributed by atoms with Crippen molar-refractivity contribution in [3.8, 4) is 0 Å². The van der Waals surface area contributed by atoms with E-state index in [0.29, 0.717) is 29.7 Å². The minimum atomic E-state index is -0.583. The molecule has 2 rings (SSSR count). The molecule has 5 N–H and O–H groups in total. The molecule has 0 aliphatic rings. The third-order valence-electron chi connectivity index (χ3n) is 3.55. The Kier molecular flexibility index (Phi) is 3.44. The van der Waals surface area contributed by atoms with Gasteiger partial charge in [-0.25, -0.2) is 4.79 Å². The lowest BCUT2D eigenvalue weighted by molar-refractivity contribution is -0.124. The van der Waals surface area contributed by atoms with Gasteiger partial charge in [0.1, 0.15) is 0 Å². The molecule has 0 aliphatic carbocycles. The molecule has 1 amide bonds. The molecule has 2 aromatic rings. The van der Waals surface area contributed by atoms with Gasteiger partial charge in [-0.2, -0.15) is 0 Å². The maximum Gasteiger partial charge on any atom is 0.323 e. The second-order valence-corrected chi connectivity index (χ2v) is 4.91. The lowest BCUT2D eigenvalue weighted by Gasteiger charge is -2.24. The molecule has 0 saturated carbocycles. The molecule has 1 unspecified atom stereocenters. The second-order valence-electron chi connectivity index (χ2n) is 4.91. The summed E-state index contributed by atoms with van der Waals surface area (Å²) in [7, 11) is 0. The molecule has 0 radical (unpaired) electrons. The number of amides is 1. The van der Waals surface area contributed by atoms with E-state index in [-0.39, 0.29) is 11.6 Å². The number of carbonyl (C=O) groups is 1. The van der Waals surface area contributed by atoms with Gasteiger partial charge < -0.3 is 21.0 Å². The van der Waals surface area contributed by atoms with E-state index in [1.165, 1.54) is 0 Å². The van der Waals surface area contributed by atoms with E-state index in [2.05, 4.69) is 15.3 Å². The van der Waals surface area contributed by atoms with Gasteiger partial charge in [-0.3, -0.25) is 4.79 Å². The van der Waals surface area contributed by atoms with Crippen LogP contribution in [0.2, 0.25) is 0 Å². The van der Waals surface area contributed by atoms with E-state index in [4.69, 9.17) is 5.73 Å². The fraction of sp³-hybridized carbons (Fsp3) is 0.385. The number of imidazole rings is 1. The zero-order valence-electron chi connectivity index (χ0n) is 11.0. The van der Waals surface area contributed by atoms with Crippen molar-refractivity contribution in [1.82, 2.24) is 9.97 Å². The number of fused-ring (bicyclic) bond motifs is 1. The summed E-state index contributed by atoms with van der Waals surface area (Å²) >= 11 is 0. The fourth-order valence-corrected chi connectivity index (χ4v) is 1.79. The Labute approximate surface area is 110 Å². The minimum Gasteiger partial charge on any atom is -0.329 e. The first kappa shape index (κ1) is 13.4. The molecule has 6 nitrogen and oxygen atoms in total. The van der Waals surface area contributed by atoms with Crippen molar-refractivity contribution in [2.24, 2.45) is 11.1 Å². The Bertz CT molecular complexity index is 652. The number of benzene rings is 1. The molecule has 19 heavy (non-hydrogen) atoms. The van der Waals surface area contributed by atoms with Crippen LogP contribution >= 0.6 is 0 Å². The predicted molar refractivity (Wildman–Crippen MR) is 75.0 cm³/mol. The van der Waals surface area contributed by atoms with Crippen molar-refractivity contribution in [3.05, 3.63) is 28.7 Å². The quantitative estimate of drug-likeness (QED) is 0.664. The Morgan fingerprint density at radius 3 is 2.68 bits per heavy atom. The van der Waals surface area contributed by atoms with Crippen LogP contribution in [-0.4, -0.2) is 22.4 Å². The third kappa shape index (κ3) is 2.53. The number of carbonyl (C=O) groups excluding carboxylic acids is 1. The number of anilines is 1. The smallest absolute Gasteiger partial charge is 0.323 e. The van der Waals surface area contributed by atoms with Crippen LogP contribution < -0.4 is 16.7 Å². The summed E-state index contributed by atoms with van der Waals surface area (Å²) in [6.07, 6.45) is 0.665. The fourth-order valence-electron chi connectivity index (χ4n) is 1.79. The maximum atomic E-state index is 12.2. The van der Waals surface area contributed by atoms with E-state index < -0.39 is 5.41 Å². The molecule has 6 heteroatoms. The number of rotatable bonds is 4. The van der Waals surface area contributed by atoms with Gasteiger partial charge in [0, 0.05) is 12.2 Å². The molecule has 1 atom stereocenters. The molecular formula is C13H18N4O2. The number of nitrogens with one attached hydrogen (secondary N) is 3. The zero-order chi connectivity index (χ0) is 14.0. The van der Waals surface area contributed by atoms with Crippen LogP contribution in [0.1, 0.15) is 20.3 Å². The molecule has 1 aromatic heterocycles. The highest BCUT2D eigenvalue weighted by Gasteiger charge is 2.29. The minimum absolute atomic E-state index is 0.116. The maximum absolute atomic E-state index is 12.2. The standard InChI is InChI=1S/C13H18N4O2/c1-3-13(2,7-14)11(18)15-8-4-5-9-10(6-8)17-12(19)16-9/h4-6H,3,7,14H2,1-2H3,(H,15,18)(H2,16,17,19). The van der Waals surface area contributed by atoms with Gasteiger partial charge in [0.15, 0.2) is 0 Å². The summed E-state index contributed by atoms with van der Waals surface area (Å²) in [6, 6.07) is 5.21. The van der Waals surface area contributed by atoms with Gasteiger partial charge in [0.05, 0.1) is 16.4 Å². The molecule has 0 spiro atoms. The molecule has 0 bridgehead atoms. The molecule has 0 fully saturated rings. The van der Waals surface area contributed by atoms with Crippen LogP contribution in [0, 0.1) is 5.41 Å². The lowest BCUT2D eigenvalue weighted by Crippen LogP contribution is -2.39. The summed E-state index contributed by atoms with van der Waals surface area (Å²) in [5, 5.41) is 2.83. The van der Waals surface area contributed by atoms with Crippen molar-refractivity contribution in [3.63, 3.8) is 0 Å². The Hall–Kier alpha value is -2.08. The molecule has 1 aromatic carbocycles. The van der Waals surface area contributed by atoms with Crippen molar-refractivity contribution >= 4 is 22.6 Å².